The summed E-state index contributed by atoms with van der Waals surface area (Å²) < 4.78 is 11.8. The van der Waals surface area contributed by atoms with Crippen LogP contribution in [0.3, 0.4) is 0 Å². The number of rotatable bonds is 7. The smallest absolute Gasteiger partial charge is 0.0881 e. The largest absolute Gasteiger partial charge is 0.381 e. The van der Waals surface area contributed by atoms with E-state index in [1.54, 1.807) is 0 Å². The van der Waals surface area contributed by atoms with E-state index in [-0.39, 0.29) is 5.60 Å². The molecule has 0 bridgehead atoms. The predicted molar refractivity (Wildman–Crippen MR) is 86.8 cm³/mol. The zero-order chi connectivity index (χ0) is 15.1. The molecule has 0 radical (unpaired) electrons. The first kappa shape index (κ1) is 16.5. The van der Waals surface area contributed by atoms with E-state index in [9.17, 15) is 0 Å². The molecule has 1 N–H and O–H groups in total. The molecule has 0 spiro atoms. The van der Waals surface area contributed by atoms with Gasteiger partial charge in [0.15, 0.2) is 0 Å². The van der Waals surface area contributed by atoms with Gasteiger partial charge in [-0.05, 0) is 32.4 Å². The molecule has 1 saturated heterocycles. The van der Waals surface area contributed by atoms with Crippen LogP contribution in [0.4, 0.5) is 0 Å². The lowest BCUT2D eigenvalue weighted by Crippen LogP contribution is -2.56. The molecule has 1 fully saturated rings. The molecule has 3 nitrogen and oxygen atoms in total. The maximum absolute atomic E-state index is 6.25. The standard InChI is InChI=1S/C18H29NO2/c1-4-19-17(14-16-8-6-7-15(3)13-16)18(21-5-2)9-11-20-12-10-18/h6-8,13,17,19H,4-5,9-12,14H2,1-3H3. The van der Waals surface area contributed by atoms with Crippen LogP contribution < -0.4 is 5.32 Å². The van der Waals surface area contributed by atoms with Gasteiger partial charge in [0.2, 0.25) is 0 Å². The maximum Gasteiger partial charge on any atom is 0.0881 e. The van der Waals surface area contributed by atoms with E-state index in [0.717, 1.165) is 45.6 Å². The molecule has 0 aliphatic carbocycles. The molecule has 1 aromatic carbocycles. The number of likely N-dealkylation sites (N-methyl/N-ethyl adjacent to an activating group) is 1. The third-order valence-electron chi connectivity index (χ3n) is 4.38. The van der Waals surface area contributed by atoms with Crippen LogP contribution in [0, 0.1) is 6.92 Å². The van der Waals surface area contributed by atoms with Crippen LogP contribution in [0.2, 0.25) is 0 Å². The van der Waals surface area contributed by atoms with Gasteiger partial charge in [-0.1, -0.05) is 36.8 Å². The van der Waals surface area contributed by atoms with E-state index in [4.69, 9.17) is 9.47 Å². The van der Waals surface area contributed by atoms with Gasteiger partial charge in [0.05, 0.1) is 5.60 Å². The molecule has 0 amide bonds. The van der Waals surface area contributed by atoms with E-state index >= 15 is 0 Å². The van der Waals surface area contributed by atoms with Crippen molar-refractivity contribution in [3.8, 4) is 0 Å². The highest BCUT2D eigenvalue weighted by Gasteiger charge is 2.40. The number of hydrogen-bond acceptors (Lipinski definition) is 3. The summed E-state index contributed by atoms with van der Waals surface area (Å²) in [6.45, 7) is 9.74. The summed E-state index contributed by atoms with van der Waals surface area (Å²) in [5.41, 5.74) is 2.61. The van der Waals surface area contributed by atoms with E-state index in [1.165, 1.54) is 11.1 Å². The molecule has 3 heteroatoms. The molecule has 21 heavy (non-hydrogen) atoms. The number of hydrogen-bond donors (Lipinski definition) is 1. The Kier molecular flexibility index (Phi) is 6.22. The van der Waals surface area contributed by atoms with Crippen molar-refractivity contribution in [2.75, 3.05) is 26.4 Å². The Morgan fingerprint density at radius 2 is 2.05 bits per heavy atom. The van der Waals surface area contributed by atoms with Gasteiger partial charge >= 0.3 is 0 Å². The van der Waals surface area contributed by atoms with E-state index < -0.39 is 0 Å². The van der Waals surface area contributed by atoms with Crippen molar-refractivity contribution in [2.45, 2.75) is 51.7 Å². The number of benzene rings is 1. The summed E-state index contributed by atoms with van der Waals surface area (Å²) in [5, 5.41) is 3.67. The molecule has 0 aromatic heterocycles. The molecule has 1 aromatic rings. The lowest BCUT2D eigenvalue weighted by atomic mass is 9.82. The molecular weight excluding hydrogens is 262 g/mol. The minimum absolute atomic E-state index is 0.0905. The molecule has 0 saturated carbocycles. The fourth-order valence-corrected chi connectivity index (χ4v) is 3.36. The molecular formula is C18H29NO2. The highest BCUT2D eigenvalue weighted by Crippen LogP contribution is 2.31. The van der Waals surface area contributed by atoms with Gasteiger partial charge in [0.25, 0.3) is 0 Å². The molecule has 1 heterocycles. The van der Waals surface area contributed by atoms with E-state index in [1.807, 2.05) is 0 Å². The molecule has 1 atom stereocenters. The second-order valence-corrected chi connectivity index (χ2v) is 5.91. The fourth-order valence-electron chi connectivity index (χ4n) is 3.36. The van der Waals surface area contributed by atoms with Gasteiger partial charge in [-0.3, -0.25) is 0 Å². The van der Waals surface area contributed by atoms with Crippen LogP contribution in [0.15, 0.2) is 24.3 Å². The Bertz CT molecular complexity index is 421. The second-order valence-electron chi connectivity index (χ2n) is 5.91. The van der Waals surface area contributed by atoms with Crippen molar-refractivity contribution in [1.29, 1.82) is 0 Å². The highest BCUT2D eigenvalue weighted by molar-refractivity contribution is 5.23. The summed E-state index contributed by atoms with van der Waals surface area (Å²) in [5.74, 6) is 0. The highest BCUT2D eigenvalue weighted by atomic mass is 16.5. The lowest BCUT2D eigenvalue weighted by molar-refractivity contribution is -0.126. The topological polar surface area (TPSA) is 30.5 Å². The Balaban J connectivity index is 2.18. The van der Waals surface area contributed by atoms with E-state index in [0.29, 0.717) is 6.04 Å². The molecule has 1 aliphatic rings. The lowest BCUT2D eigenvalue weighted by Gasteiger charge is -2.43. The van der Waals surface area contributed by atoms with Crippen molar-refractivity contribution in [3.63, 3.8) is 0 Å². The molecule has 118 valence electrons. The second kappa shape index (κ2) is 7.92. The summed E-state index contributed by atoms with van der Waals surface area (Å²) in [7, 11) is 0. The van der Waals surface area contributed by atoms with Crippen LogP contribution in [-0.4, -0.2) is 38.0 Å². The first-order valence-electron chi connectivity index (χ1n) is 8.21. The molecule has 1 aliphatic heterocycles. The van der Waals surface area contributed by atoms with Crippen molar-refractivity contribution < 1.29 is 9.47 Å². The van der Waals surface area contributed by atoms with Crippen LogP contribution >= 0.6 is 0 Å². The minimum atomic E-state index is -0.0905. The monoisotopic (exact) mass is 291 g/mol. The molecule has 2 rings (SSSR count). The van der Waals surface area contributed by atoms with Crippen molar-refractivity contribution in [1.82, 2.24) is 5.32 Å². The van der Waals surface area contributed by atoms with Crippen LogP contribution in [0.25, 0.3) is 0 Å². The number of aryl methyl sites for hydroxylation is 1. The van der Waals surface area contributed by atoms with Crippen molar-refractivity contribution in [2.24, 2.45) is 0 Å². The SMILES string of the molecule is CCNC(Cc1cccc(C)c1)C1(OCC)CCOCC1. The summed E-state index contributed by atoms with van der Waals surface area (Å²) in [6.07, 6.45) is 2.96. The van der Waals surface area contributed by atoms with Crippen molar-refractivity contribution in [3.05, 3.63) is 35.4 Å². The average Bonchev–Trinajstić information content (AvgIpc) is 2.48. The number of nitrogens with one attached hydrogen (secondary N) is 1. The summed E-state index contributed by atoms with van der Waals surface area (Å²) in [6, 6.07) is 9.14. The third kappa shape index (κ3) is 4.29. The van der Waals surface area contributed by atoms with Crippen molar-refractivity contribution >= 4 is 0 Å². The van der Waals surface area contributed by atoms with Crippen LogP contribution in [-0.2, 0) is 15.9 Å². The summed E-state index contributed by atoms with van der Waals surface area (Å²) in [4.78, 5) is 0. The zero-order valence-corrected chi connectivity index (χ0v) is 13.7. The first-order chi connectivity index (χ1) is 10.2. The van der Waals surface area contributed by atoms with E-state index in [2.05, 4.69) is 50.4 Å². The number of ether oxygens (including phenoxy) is 2. The van der Waals surface area contributed by atoms with Crippen LogP contribution in [0.1, 0.15) is 37.8 Å². The first-order valence-corrected chi connectivity index (χ1v) is 8.21. The van der Waals surface area contributed by atoms with Crippen LogP contribution in [0.5, 0.6) is 0 Å². The third-order valence-corrected chi connectivity index (χ3v) is 4.38. The Morgan fingerprint density at radius 1 is 1.29 bits per heavy atom. The Hall–Kier alpha value is -0.900. The van der Waals surface area contributed by atoms with Gasteiger partial charge < -0.3 is 14.8 Å². The van der Waals surface area contributed by atoms with Gasteiger partial charge in [0.1, 0.15) is 0 Å². The van der Waals surface area contributed by atoms with Gasteiger partial charge in [-0.15, -0.1) is 0 Å². The predicted octanol–water partition coefficient (Wildman–Crippen LogP) is 3.10. The Labute approximate surface area is 129 Å². The normalized spacial score (nSPS) is 19.4. The zero-order valence-electron chi connectivity index (χ0n) is 13.7. The average molecular weight is 291 g/mol. The maximum atomic E-state index is 6.25. The minimum Gasteiger partial charge on any atom is -0.381 e. The quantitative estimate of drug-likeness (QED) is 0.837. The fraction of sp³-hybridized carbons (Fsp3) is 0.667. The Morgan fingerprint density at radius 3 is 2.67 bits per heavy atom. The van der Waals surface area contributed by atoms with Gasteiger partial charge in [-0.2, -0.15) is 0 Å². The summed E-state index contributed by atoms with van der Waals surface area (Å²) >= 11 is 0. The molecule has 1 unspecified atom stereocenters. The van der Waals surface area contributed by atoms with Gasteiger partial charge in [0, 0.05) is 38.7 Å². The van der Waals surface area contributed by atoms with Gasteiger partial charge in [-0.25, -0.2) is 0 Å².